The molecule has 2 nitrogen and oxygen atoms in total. The van der Waals surface area contributed by atoms with Crippen LogP contribution in [0.3, 0.4) is 0 Å². The fraction of sp³-hybridized carbons (Fsp3) is 0.462. The number of ketones is 1. The fourth-order valence-electron chi connectivity index (χ4n) is 1.37. The third-order valence-corrected chi connectivity index (χ3v) is 2.27. The zero-order valence-corrected chi connectivity index (χ0v) is 10.5. The molecule has 1 rings (SSSR count). The number of halogens is 3. The molecule has 0 aliphatic heterocycles. The minimum atomic E-state index is -4.84. The van der Waals surface area contributed by atoms with Crippen molar-refractivity contribution >= 4 is 5.78 Å². The second-order valence-corrected chi connectivity index (χ2v) is 4.51. The van der Waals surface area contributed by atoms with Gasteiger partial charge in [0.25, 0.3) is 5.78 Å². The standard InChI is InChI=1S/C13H15F3O2/c1-8(2)7-18-11-5-4-10(6-9(11)3)12(17)13(14,15)16/h4-6,8H,7H2,1-3H3. The molecule has 0 spiro atoms. The zero-order valence-electron chi connectivity index (χ0n) is 10.5. The van der Waals surface area contributed by atoms with Crippen molar-refractivity contribution in [1.29, 1.82) is 0 Å². The van der Waals surface area contributed by atoms with Crippen LogP contribution in [0.15, 0.2) is 18.2 Å². The van der Waals surface area contributed by atoms with Crippen LogP contribution in [-0.4, -0.2) is 18.6 Å². The number of benzene rings is 1. The van der Waals surface area contributed by atoms with E-state index in [0.29, 0.717) is 23.8 Å². The molecule has 1 aromatic rings. The van der Waals surface area contributed by atoms with Gasteiger partial charge in [0.05, 0.1) is 6.61 Å². The molecule has 0 bridgehead atoms. The highest BCUT2D eigenvalue weighted by molar-refractivity contribution is 6.00. The summed E-state index contributed by atoms with van der Waals surface area (Å²) < 4.78 is 42.1. The molecule has 0 radical (unpaired) electrons. The van der Waals surface area contributed by atoms with Gasteiger partial charge in [-0.3, -0.25) is 4.79 Å². The first-order chi connectivity index (χ1) is 8.21. The Balaban J connectivity index is 2.89. The average molecular weight is 260 g/mol. The van der Waals surface area contributed by atoms with E-state index in [1.54, 1.807) is 6.92 Å². The third-order valence-electron chi connectivity index (χ3n) is 2.27. The molecule has 5 heteroatoms. The molecule has 1 aromatic carbocycles. The van der Waals surface area contributed by atoms with Crippen LogP contribution in [0.2, 0.25) is 0 Å². The Bertz CT molecular complexity index is 436. The first kappa shape index (κ1) is 14.5. The van der Waals surface area contributed by atoms with Crippen molar-refractivity contribution in [2.45, 2.75) is 26.9 Å². The number of ether oxygens (including phenoxy) is 1. The average Bonchev–Trinajstić information content (AvgIpc) is 2.24. The molecule has 0 saturated carbocycles. The van der Waals surface area contributed by atoms with Crippen LogP contribution >= 0.6 is 0 Å². The van der Waals surface area contributed by atoms with Gasteiger partial charge in [0, 0.05) is 5.56 Å². The molecule has 0 heterocycles. The summed E-state index contributed by atoms with van der Waals surface area (Å²) in [6.07, 6.45) is -4.84. The summed E-state index contributed by atoms with van der Waals surface area (Å²) in [4.78, 5) is 11.0. The van der Waals surface area contributed by atoms with E-state index in [9.17, 15) is 18.0 Å². The van der Waals surface area contributed by atoms with Gasteiger partial charge in [0.1, 0.15) is 5.75 Å². The Morgan fingerprint density at radius 3 is 2.39 bits per heavy atom. The van der Waals surface area contributed by atoms with Gasteiger partial charge >= 0.3 is 6.18 Å². The summed E-state index contributed by atoms with van der Waals surface area (Å²) in [6.45, 7) is 6.03. The van der Waals surface area contributed by atoms with Crippen molar-refractivity contribution in [1.82, 2.24) is 0 Å². The maximum Gasteiger partial charge on any atom is 0.454 e. The lowest BCUT2D eigenvalue weighted by atomic mass is 10.1. The second kappa shape index (κ2) is 5.42. The Kier molecular flexibility index (Phi) is 4.38. The fourth-order valence-corrected chi connectivity index (χ4v) is 1.37. The molecule has 0 aromatic heterocycles. The molecule has 0 aliphatic rings. The predicted molar refractivity (Wildman–Crippen MR) is 61.9 cm³/mol. The largest absolute Gasteiger partial charge is 0.493 e. The van der Waals surface area contributed by atoms with E-state index < -0.39 is 12.0 Å². The summed E-state index contributed by atoms with van der Waals surface area (Å²) in [6, 6.07) is 3.74. The van der Waals surface area contributed by atoms with E-state index in [4.69, 9.17) is 4.74 Å². The van der Waals surface area contributed by atoms with Crippen molar-refractivity contribution in [2.24, 2.45) is 5.92 Å². The van der Waals surface area contributed by atoms with Crippen LogP contribution in [0, 0.1) is 12.8 Å². The van der Waals surface area contributed by atoms with Crippen LogP contribution in [-0.2, 0) is 0 Å². The molecular weight excluding hydrogens is 245 g/mol. The van der Waals surface area contributed by atoms with Crippen LogP contribution in [0.5, 0.6) is 5.75 Å². The number of aryl methyl sites for hydroxylation is 1. The van der Waals surface area contributed by atoms with Gasteiger partial charge in [0.15, 0.2) is 0 Å². The Labute approximate surface area is 104 Å². The van der Waals surface area contributed by atoms with E-state index in [1.807, 2.05) is 13.8 Å². The van der Waals surface area contributed by atoms with Gasteiger partial charge in [-0.2, -0.15) is 13.2 Å². The third kappa shape index (κ3) is 3.75. The monoisotopic (exact) mass is 260 g/mol. The highest BCUT2D eigenvalue weighted by Gasteiger charge is 2.39. The van der Waals surface area contributed by atoms with E-state index in [2.05, 4.69) is 0 Å². The lowest BCUT2D eigenvalue weighted by Crippen LogP contribution is -2.22. The minimum absolute atomic E-state index is 0.320. The molecular formula is C13H15F3O2. The van der Waals surface area contributed by atoms with Gasteiger partial charge < -0.3 is 4.74 Å². The molecule has 0 amide bonds. The van der Waals surface area contributed by atoms with Gasteiger partial charge in [-0.25, -0.2) is 0 Å². The summed E-state index contributed by atoms with van der Waals surface area (Å²) >= 11 is 0. The van der Waals surface area contributed by atoms with E-state index in [1.165, 1.54) is 12.1 Å². The van der Waals surface area contributed by atoms with E-state index in [0.717, 1.165) is 6.07 Å². The molecule has 0 saturated heterocycles. The summed E-state index contributed by atoms with van der Waals surface area (Å²) in [5.74, 6) is -1.01. The highest BCUT2D eigenvalue weighted by atomic mass is 19.4. The number of carbonyl (C=O) groups is 1. The SMILES string of the molecule is Cc1cc(C(=O)C(F)(F)F)ccc1OCC(C)C. The normalized spacial score (nSPS) is 11.7. The Morgan fingerprint density at radius 2 is 1.94 bits per heavy atom. The van der Waals surface area contributed by atoms with Gasteiger partial charge in [-0.15, -0.1) is 0 Å². The van der Waals surface area contributed by atoms with E-state index in [-0.39, 0.29) is 5.56 Å². The van der Waals surface area contributed by atoms with Crippen LogP contribution in [0.4, 0.5) is 13.2 Å². The van der Waals surface area contributed by atoms with Crippen molar-refractivity contribution < 1.29 is 22.7 Å². The highest BCUT2D eigenvalue weighted by Crippen LogP contribution is 2.25. The Hall–Kier alpha value is -1.52. The number of rotatable bonds is 4. The van der Waals surface area contributed by atoms with Crippen LogP contribution in [0.1, 0.15) is 29.8 Å². The summed E-state index contributed by atoms with van der Waals surface area (Å²) in [5, 5.41) is 0. The van der Waals surface area contributed by atoms with Crippen molar-refractivity contribution in [3.63, 3.8) is 0 Å². The molecule has 18 heavy (non-hydrogen) atoms. The molecule has 0 atom stereocenters. The quantitative estimate of drug-likeness (QED) is 0.770. The smallest absolute Gasteiger partial charge is 0.454 e. The van der Waals surface area contributed by atoms with Crippen LogP contribution in [0.25, 0.3) is 0 Å². The molecule has 0 N–H and O–H groups in total. The summed E-state index contributed by atoms with van der Waals surface area (Å²) in [5.41, 5.74) is 0.155. The molecule has 0 unspecified atom stereocenters. The number of hydrogen-bond donors (Lipinski definition) is 0. The minimum Gasteiger partial charge on any atom is -0.493 e. The van der Waals surface area contributed by atoms with Gasteiger partial charge in [-0.05, 0) is 36.6 Å². The lowest BCUT2D eigenvalue weighted by molar-refractivity contribution is -0.0885. The van der Waals surface area contributed by atoms with Crippen molar-refractivity contribution in [3.05, 3.63) is 29.3 Å². The number of carbonyl (C=O) groups excluding carboxylic acids is 1. The first-order valence-electron chi connectivity index (χ1n) is 5.56. The summed E-state index contributed by atoms with van der Waals surface area (Å²) in [7, 11) is 0. The topological polar surface area (TPSA) is 26.3 Å². The number of hydrogen-bond acceptors (Lipinski definition) is 2. The van der Waals surface area contributed by atoms with Gasteiger partial charge in [-0.1, -0.05) is 13.8 Å². The lowest BCUT2D eigenvalue weighted by Gasteiger charge is -2.12. The molecule has 0 aliphatic carbocycles. The molecule has 0 fully saturated rings. The number of Topliss-reactive ketones (excluding diaryl/α,β-unsaturated/α-hetero) is 1. The maximum absolute atomic E-state index is 12.2. The Morgan fingerprint density at radius 1 is 1.33 bits per heavy atom. The maximum atomic E-state index is 12.2. The molecule has 100 valence electrons. The van der Waals surface area contributed by atoms with Crippen molar-refractivity contribution in [2.75, 3.05) is 6.61 Å². The van der Waals surface area contributed by atoms with E-state index >= 15 is 0 Å². The van der Waals surface area contributed by atoms with Crippen LogP contribution < -0.4 is 4.74 Å². The van der Waals surface area contributed by atoms with Crippen molar-refractivity contribution in [3.8, 4) is 5.75 Å². The predicted octanol–water partition coefficient (Wildman–Crippen LogP) is 3.77. The number of alkyl halides is 3. The van der Waals surface area contributed by atoms with Gasteiger partial charge in [0.2, 0.25) is 0 Å². The zero-order chi connectivity index (χ0) is 13.9. The first-order valence-corrected chi connectivity index (χ1v) is 5.56. The second-order valence-electron chi connectivity index (χ2n) is 4.51.